The van der Waals surface area contributed by atoms with Crippen molar-refractivity contribution in [3.05, 3.63) is 65.2 Å². The van der Waals surface area contributed by atoms with Crippen molar-refractivity contribution < 1.29 is 15.0 Å². The number of para-hydroxylation sites is 1. The van der Waals surface area contributed by atoms with Gasteiger partial charge in [-0.15, -0.1) is 0 Å². The molecule has 0 aromatic heterocycles. The maximum Gasteiger partial charge on any atom is 0.335 e. The molecule has 0 aliphatic rings. The summed E-state index contributed by atoms with van der Waals surface area (Å²) in [7, 11) is 0. The maximum atomic E-state index is 11.0. The molecule has 0 heterocycles. The summed E-state index contributed by atoms with van der Waals surface area (Å²) >= 11 is 0. The summed E-state index contributed by atoms with van der Waals surface area (Å²) in [5, 5.41) is 18.7. The highest BCUT2D eigenvalue weighted by molar-refractivity contribution is 5.89. The summed E-state index contributed by atoms with van der Waals surface area (Å²) in [6.07, 6.45) is 0.412. The highest BCUT2D eigenvalue weighted by Gasteiger charge is 2.10. The molecule has 0 aliphatic heterocycles. The molecule has 86 valence electrons. The third-order valence-corrected chi connectivity index (χ3v) is 2.62. The summed E-state index contributed by atoms with van der Waals surface area (Å²) in [4.78, 5) is 11.0. The van der Waals surface area contributed by atoms with E-state index in [1.807, 2.05) is 6.07 Å². The molecule has 0 bridgehead atoms. The Balaban J connectivity index is 2.37. The Morgan fingerprint density at radius 1 is 0.941 bits per heavy atom. The third kappa shape index (κ3) is 2.45. The molecular weight excluding hydrogens is 216 g/mol. The highest BCUT2D eigenvalue weighted by atomic mass is 16.4. The number of phenolic OH excluding ortho intramolecular Hbond substituents is 1. The van der Waals surface area contributed by atoms with Gasteiger partial charge in [0.05, 0.1) is 5.56 Å². The topological polar surface area (TPSA) is 57.5 Å². The van der Waals surface area contributed by atoms with E-state index in [1.165, 1.54) is 0 Å². The first-order valence-corrected chi connectivity index (χ1v) is 5.26. The fraction of sp³-hybridized carbons (Fsp3) is 0.0714. The largest absolute Gasteiger partial charge is 0.508 e. The molecule has 17 heavy (non-hydrogen) atoms. The lowest BCUT2D eigenvalue weighted by molar-refractivity contribution is 0.0696. The minimum absolute atomic E-state index is 0.188. The number of phenols is 1. The number of carbonyl (C=O) groups is 1. The number of carboxylic acid groups (broad SMARTS) is 1. The predicted molar refractivity (Wildman–Crippen MR) is 64.3 cm³/mol. The SMILES string of the molecule is O=C(O)c1ccccc1Cc1ccccc1O. The predicted octanol–water partition coefficient (Wildman–Crippen LogP) is 2.68. The van der Waals surface area contributed by atoms with Gasteiger partial charge in [-0.05, 0) is 23.3 Å². The van der Waals surface area contributed by atoms with Gasteiger partial charge in [0.25, 0.3) is 0 Å². The molecule has 3 heteroatoms. The van der Waals surface area contributed by atoms with E-state index in [4.69, 9.17) is 5.11 Å². The van der Waals surface area contributed by atoms with E-state index in [2.05, 4.69) is 0 Å². The Kier molecular flexibility index (Phi) is 3.10. The molecule has 2 N–H and O–H groups in total. The standard InChI is InChI=1S/C14H12O3/c15-13-8-4-2-6-11(13)9-10-5-1-3-7-12(10)14(16)17/h1-8,15H,9H2,(H,16,17). The summed E-state index contributed by atoms with van der Waals surface area (Å²) in [5.74, 6) is -0.760. The number of benzene rings is 2. The number of aromatic carboxylic acids is 1. The Labute approximate surface area is 99.0 Å². The molecule has 0 saturated heterocycles. The van der Waals surface area contributed by atoms with Crippen molar-refractivity contribution in [3.8, 4) is 5.75 Å². The van der Waals surface area contributed by atoms with Crippen LogP contribution in [0.5, 0.6) is 5.75 Å². The first-order chi connectivity index (χ1) is 8.18. The van der Waals surface area contributed by atoms with Gasteiger partial charge in [-0.3, -0.25) is 0 Å². The van der Waals surface area contributed by atoms with Gasteiger partial charge in [0.2, 0.25) is 0 Å². The maximum absolute atomic E-state index is 11.0. The number of hydrogen-bond donors (Lipinski definition) is 2. The van der Waals surface area contributed by atoms with E-state index in [0.717, 1.165) is 5.56 Å². The minimum atomic E-state index is -0.948. The Hall–Kier alpha value is -2.29. The Morgan fingerprint density at radius 3 is 2.18 bits per heavy atom. The summed E-state index contributed by atoms with van der Waals surface area (Å²) in [6.45, 7) is 0. The second kappa shape index (κ2) is 4.70. The van der Waals surface area contributed by atoms with Crippen LogP contribution in [0, 0.1) is 0 Å². The van der Waals surface area contributed by atoms with Crippen LogP contribution in [-0.4, -0.2) is 16.2 Å². The van der Waals surface area contributed by atoms with Crippen molar-refractivity contribution in [2.45, 2.75) is 6.42 Å². The van der Waals surface area contributed by atoms with Crippen LogP contribution in [-0.2, 0) is 6.42 Å². The van der Waals surface area contributed by atoms with E-state index < -0.39 is 5.97 Å². The van der Waals surface area contributed by atoms with Gasteiger partial charge >= 0.3 is 5.97 Å². The monoisotopic (exact) mass is 228 g/mol. The van der Waals surface area contributed by atoms with Crippen LogP contribution in [0.25, 0.3) is 0 Å². The quantitative estimate of drug-likeness (QED) is 0.849. The molecule has 0 atom stereocenters. The van der Waals surface area contributed by atoms with Gasteiger partial charge in [-0.25, -0.2) is 4.79 Å². The van der Waals surface area contributed by atoms with Crippen molar-refractivity contribution in [1.82, 2.24) is 0 Å². The van der Waals surface area contributed by atoms with Crippen LogP contribution >= 0.6 is 0 Å². The molecule has 3 nitrogen and oxygen atoms in total. The lowest BCUT2D eigenvalue weighted by Gasteiger charge is -2.07. The zero-order chi connectivity index (χ0) is 12.3. The first-order valence-electron chi connectivity index (χ1n) is 5.26. The van der Waals surface area contributed by atoms with E-state index >= 15 is 0 Å². The molecule has 2 aromatic rings. The summed E-state index contributed by atoms with van der Waals surface area (Å²) in [6, 6.07) is 13.8. The van der Waals surface area contributed by atoms with E-state index in [-0.39, 0.29) is 11.3 Å². The number of hydrogen-bond acceptors (Lipinski definition) is 2. The second-order valence-corrected chi connectivity index (χ2v) is 3.77. The average Bonchev–Trinajstić information content (AvgIpc) is 2.32. The van der Waals surface area contributed by atoms with Gasteiger partial charge in [0.15, 0.2) is 0 Å². The van der Waals surface area contributed by atoms with Gasteiger partial charge in [0.1, 0.15) is 5.75 Å². The molecule has 2 aromatic carbocycles. The van der Waals surface area contributed by atoms with Crippen molar-refractivity contribution in [2.24, 2.45) is 0 Å². The molecule has 0 radical (unpaired) electrons. The molecule has 0 aliphatic carbocycles. The van der Waals surface area contributed by atoms with Crippen LogP contribution in [0.3, 0.4) is 0 Å². The molecule has 0 spiro atoms. The summed E-state index contributed by atoms with van der Waals surface area (Å²) < 4.78 is 0. The molecular formula is C14H12O3. The third-order valence-electron chi connectivity index (χ3n) is 2.62. The zero-order valence-corrected chi connectivity index (χ0v) is 9.13. The zero-order valence-electron chi connectivity index (χ0n) is 9.13. The van der Waals surface area contributed by atoms with Crippen molar-refractivity contribution in [3.63, 3.8) is 0 Å². The van der Waals surface area contributed by atoms with Crippen molar-refractivity contribution in [1.29, 1.82) is 0 Å². The van der Waals surface area contributed by atoms with Crippen LogP contribution in [0.2, 0.25) is 0 Å². The van der Waals surface area contributed by atoms with Crippen molar-refractivity contribution in [2.75, 3.05) is 0 Å². The Morgan fingerprint density at radius 2 is 1.53 bits per heavy atom. The normalized spacial score (nSPS) is 10.1. The Bertz CT molecular complexity index is 547. The first kappa shape index (κ1) is 11.2. The van der Waals surface area contributed by atoms with Gasteiger partial charge < -0.3 is 10.2 Å². The van der Waals surface area contributed by atoms with Crippen LogP contribution < -0.4 is 0 Å². The fourth-order valence-corrected chi connectivity index (χ4v) is 1.75. The molecule has 0 fully saturated rings. The van der Waals surface area contributed by atoms with E-state index in [0.29, 0.717) is 12.0 Å². The van der Waals surface area contributed by atoms with Gasteiger partial charge in [-0.2, -0.15) is 0 Å². The molecule has 0 saturated carbocycles. The lowest BCUT2D eigenvalue weighted by atomic mass is 9.99. The smallest absolute Gasteiger partial charge is 0.335 e. The summed E-state index contributed by atoms with van der Waals surface area (Å²) in [5.41, 5.74) is 1.69. The van der Waals surface area contributed by atoms with Crippen LogP contribution in [0.15, 0.2) is 48.5 Å². The minimum Gasteiger partial charge on any atom is -0.508 e. The number of carboxylic acids is 1. The van der Waals surface area contributed by atoms with E-state index in [9.17, 15) is 9.90 Å². The van der Waals surface area contributed by atoms with Gasteiger partial charge in [-0.1, -0.05) is 36.4 Å². The number of rotatable bonds is 3. The van der Waals surface area contributed by atoms with Crippen LogP contribution in [0.1, 0.15) is 21.5 Å². The van der Waals surface area contributed by atoms with Crippen molar-refractivity contribution >= 4 is 5.97 Å². The number of aromatic hydroxyl groups is 1. The second-order valence-electron chi connectivity index (χ2n) is 3.77. The average molecular weight is 228 g/mol. The fourth-order valence-electron chi connectivity index (χ4n) is 1.75. The highest BCUT2D eigenvalue weighted by Crippen LogP contribution is 2.21. The lowest BCUT2D eigenvalue weighted by Crippen LogP contribution is -2.02. The molecule has 2 rings (SSSR count). The van der Waals surface area contributed by atoms with Crippen LogP contribution in [0.4, 0.5) is 0 Å². The molecule has 0 unspecified atom stereocenters. The molecule has 0 amide bonds. The van der Waals surface area contributed by atoms with E-state index in [1.54, 1.807) is 42.5 Å². The van der Waals surface area contributed by atoms with Gasteiger partial charge in [0, 0.05) is 6.42 Å².